The number of rotatable bonds is 7. The highest BCUT2D eigenvalue weighted by Crippen LogP contribution is 2.29. The van der Waals surface area contributed by atoms with E-state index in [1.54, 1.807) is 13.8 Å². The second-order valence-corrected chi connectivity index (χ2v) is 8.78. The Bertz CT molecular complexity index is 674. The fourth-order valence-corrected chi connectivity index (χ4v) is 4.17. The van der Waals surface area contributed by atoms with Gasteiger partial charge in [0.05, 0.1) is 5.60 Å². The molecule has 3 rings (SSSR count). The van der Waals surface area contributed by atoms with Crippen molar-refractivity contribution in [2.75, 3.05) is 13.1 Å². The zero-order valence-electron chi connectivity index (χ0n) is 16.5. The number of carbonyl (C=O) groups is 2. The van der Waals surface area contributed by atoms with E-state index in [1.807, 2.05) is 29.2 Å². The minimum atomic E-state index is -0.710. The van der Waals surface area contributed by atoms with Gasteiger partial charge in [-0.25, -0.2) is 0 Å². The third-order valence-corrected chi connectivity index (χ3v) is 5.77. The van der Waals surface area contributed by atoms with Gasteiger partial charge in [-0.1, -0.05) is 25.0 Å². The average molecular weight is 373 g/mol. The minimum absolute atomic E-state index is 0.0909. The summed E-state index contributed by atoms with van der Waals surface area (Å²) in [6, 6.07) is 8.00. The van der Waals surface area contributed by atoms with Crippen molar-refractivity contribution in [3.8, 4) is 0 Å². The smallest absolute Gasteiger partial charge is 0.251 e. The quantitative estimate of drug-likeness (QED) is 0.773. The monoisotopic (exact) mass is 372 g/mol. The van der Waals surface area contributed by atoms with Crippen LogP contribution in [0.4, 0.5) is 0 Å². The highest BCUT2D eigenvalue weighted by molar-refractivity contribution is 5.94. The molecule has 2 fully saturated rings. The molecule has 0 spiro atoms. The summed E-state index contributed by atoms with van der Waals surface area (Å²) in [5, 5.41) is 12.9. The lowest BCUT2D eigenvalue weighted by molar-refractivity contribution is -0.129. The zero-order valence-corrected chi connectivity index (χ0v) is 16.5. The Hall–Kier alpha value is -1.88. The van der Waals surface area contributed by atoms with E-state index < -0.39 is 5.60 Å². The van der Waals surface area contributed by atoms with Crippen LogP contribution >= 0.6 is 0 Å². The number of likely N-dealkylation sites (tertiary alicyclic amines) is 1. The van der Waals surface area contributed by atoms with Gasteiger partial charge in [0.1, 0.15) is 0 Å². The second kappa shape index (κ2) is 8.42. The third kappa shape index (κ3) is 5.55. The molecule has 5 nitrogen and oxygen atoms in total. The van der Waals surface area contributed by atoms with Gasteiger partial charge < -0.3 is 15.3 Å². The Morgan fingerprint density at radius 2 is 2.04 bits per heavy atom. The largest absolute Gasteiger partial charge is 0.390 e. The lowest BCUT2D eigenvalue weighted by Gasteiger charge is -2.24. The summed E-state index contributed by atoms with van der Waals surface area (Å²) in [5.74, 6) is 0.363. The van der Waals surface area contributed by atoms with Crippen molar-refractivity contribution in [1.29, 1.82) is 0 Å². The van der Waals surface area contributed by atoms with Gasteiger partial charge >= 0.3 is 0 Å². The summed E-state index contributed by atoms with van der Waals surface area (Å²) in [7, 11) is 0. The molecular weight excluding hydrogens is 340 g/mol. The van der Waals surface area contributed by atoms with Gasteiger partial charge in [-0.3, -0.25) is 9.59 Å². The molecule has 1 aliphatic heterocycles. The molecule has 1 atom stereocenters. The summed E-state index contributed by atoms with van der Waals surface area (Å²) in [6.07, 6.45) is 6.63. The molecule has 1 unspecified atom stereocenters. The fourth-order valence-electron chi connectivity index (χ4n) is 4.17. The van der Waals surface area contributed by atoms with Crippen LogP contribution in [0.5, 0.6) is 0 Å². The molecule has 1 heterocycles. The number of hydrogen-bond acceptors (Lipinski definition) is 3. The van der Waals surface area contributed by atoms with E-state index in [2.05, 4.69) is 5.32 Å². The molecule has 1 saturated carbocycles. The van der Waals surface area contributed by atoms with Crippen LogP contribution in [-0.2, 0) is 11.2 Å². The van der Waals surface area contributed by atoms with Crippen LogP contribution < -0.4 is 5.32 Å². The van der Waals surface area contributed by atoms with Crippen LogP contribution in [0.25, 0.3) is 0 Å². The maximum absolute atomic E-state index is 12.5. The van der Waals surface area contributed by atoms with Crippen molar-refractivity contribution in [1.82, 2.24) is 10.2 Å². The van der Waals surface area contributed by atoms with Gasteiger partial charge in [0, 0.05) is 37.0 Å². The number of nitrogens with one attached hydrogen (secondary N) is 1. The number of nitrogens with zero attached hydrogens (tertiary/aromatic N) is 1. The number of hydrogen-bond donors (Lipinski definition) is 2. The zero-order chi connectivity index (χ0) is 19.4. The van der Waals surface area contributed by atoms with Gasteiger partial charge in [-0.05, 0) is 57.2 Å². The van der Waals surface area contributed by atoms with E-state index >= 15 is 0 Å². The molecule has 1 aliphatic carbocycles. The molecule has 5 heteroatoms. The molecule has 1 aromatic rings. The van der Waals surface area contributed by atoms with Crippen molar-refractivity contribution in [3.05, 3.63) is 35.4 Å². The molecule has 2 amide bonds. The summed E-state index contributed by atoms with van der Waals surface area (Å²) in [4.78, 5) is 26.8. The van der Waals surface area contributed by atoms with E-state index in [1.165, 1.54) is 12.8 Å². The van der Waals surface area contributed by atoms with E-state index in [0.29, 0.717) is 31.0 Å². The first-order valence-corrected chi connectivity index (χ1v) is 10.2. The van der Waals surface area contributed by atoms with Crippen molar-refractivity contribution < 1.29 is 14.7 Å². The van der Waals surface area contributed by atoms with Crippen LogP contribution in [0.3, 0.4) is 0 Å². The summed E-state index contributed by atoms with van der Waals surface area (Å²) in [5.41, 5.74) is 0.979. The normalized spacial score (nSPS) is 21.1. The van der Waals surface area contributed by atoms with Gasteiger partial charge in [-0.15, -0.1) is 0 Å². The molecule has 27 heavy (non-hydrogen) atoms. The van der Waals surface area contributed by atoms with Crippen LogP contribution in [-0.4, -0.2) is 46.6 Å². The standard InChI is InChI=1S/C22H32N2O3/c1-22(2,27)11-10-16-6-5-7-18(12-16)21(26)23-14-17-13-20(25)24(15-17)19-8-3-4-9-19/h5-7,12,17,19,27H,3-4,8-11,13-15H2,1-2H3,(H,23,26). The number of carbonyl (C=O) groups excluding carboxylic acids is 2. The Morgan fingerprint density at radius 1 is 1.30 bits per heavy atom. The van der Waals surface area contributed by atoms with E-state index in [0.717, 1.165) is 31.4 Å². The molecule has 148 valence electrons. The maximum Gasteiger partial charge on any atom is 0.251 e. The van der Waals surface area contributed by atoms with Crippen LogP contribution in [0.2, 0.25) is 0 Å². The molecule has 0 aromatic heterocycles. The first-order valence-electron chi connectivity index (χ1n) is 10.2. The highest BCUT2D eigenvalue weighted by Gasteiger charge is 2.35. The summed E-state index contributed by atoms with van der Waals surface area (Å²) >= 11 is 0. The maximum atomic E-state index is 12.5. The Kier molecular flexibility index (Phi) is 6.20. The Morgan fingerprint density at radius 3 is 2.74 bits per heavy atom. The SMILES string of the molecule is CC(C)(O)CCc1cccc(C(=O)NCC2CC(=O)N(C3CCCC3)C2)c1. The van der Waals surface area contributed by atoms with Gasteiger partial charge in [0.2, 0.25) is 5.91 Å². The number of aryl methyl sites for hydroxylation is 1. The molecule has 2 aliphatic rings. The van der Waals surface area contributed by atoms with Gasteiger partial charge in [0.15, 0.2) is 0 Å². The van der Waals surface area contributed by atoms with Crippen LogP contribution in [0, 0.1) is 5.92 Å². The predicted molar refractivity (Wildman–Crippen MR) is 105 cm³/mol. The minimum Gasteiger partial charge on any atom is -0.390 e. The molecule has 2 N–H and O–H groups in total. The average Bonchev–Trinajstić information content (AvgIpc) is 3.27. The van der Waals surface area contributed by atoms with Crippen LogP contribution in [0.1, 0.15) is 68.3 Å². The van der Waals surface area contributed by atoms with Crippen molar-refractivity contribution in [2.24, 2.45) is 5.92 Å². The Balaban J connectivity index is 1.50. The topological polar surface area (TPSA) is 69.6 Å². The van der Waals surface area contributed by atoms with Crippen molar-refractivity contribution in [2.45, 2.75) is 70.4 Å². The first kappa shape index (κ1) is 19.9. The van der Waals surface area contributed by atoms with Crippen LogP contribution in [0.15, 0.2) is 24.3 Å². The number of amides is 2. The Labute approximate surface area is 162 Å². The van der Waals surface area contributed by atoms with Gasteiger partial charge in [-0.2, -0.15) is 0 Å². The third-order valence-electron chi connectivity index (χ3n) is 5.77. The van der Waals surface area contributed by atoms with Crippen molar-refractivity contribution in [3.63, 3.8) is 0 Å². The molecule has 0 radical (unpaired) electrons. The van der Waals surface area contributed by atoms with E-state index in [9.17, 15) is 14.7 Å². The number of benzene rings is 1. The first-order chi connectivity index (χ1) is 12.8. The molecule has 1 saturated heterocycles. The predicted octanol–water partition coefficient (Wildman–Crippen LogP) is 2.91. The molecule has 0 bridgehead atoms. The summed E-state index contributed by atoms with van der Waals surface area (Å²) < 4.78 is 0. The molecule has 1 aromatic carbocycles. The summed E-state index contributed by atoms with van der Waals surface area (Å²) in [6.45, 7) is 4.90. The lowest BCUT2D eigenvalue weighted by Crippen LogP contribution is -2.36. The van der Waals surface area contributed by atoms with E-state index in [-0.39, 0.29) is 17.7 Å². The fraction of sp³-hybridized carbons (Fsp3) is 0.636. The second-order valence-electron chi connectivity index (χ2n) is 8.78. The van der Waals surface area contributed by atoms with E-state index in [4.69, 9.17) is 0 Å². The van der Waals surface area contributed by atoms with Gasteiger partial charge in [0.25, 0.3) is 5.91 Å². The highest BCUT2D eigenvalue weighted by atomic mass is 16.3. The lowest BCUT2D eigenvalue weighted by atomic mass is 9.98. The van der Waals surface area contributed by atoms with Crippen molar-refractivity contribution >= 4 is 11.8 Å². The molecular formula is C22H32N2O3. The number of aliphatic hydroxyl groups is 1.